The van der Waals surface area contributed by atoms with Gasteiger partial charge in [0.1, 0.15) is 6.54 Å². The van der Waals surface area contributed by atoms with Crippen molar-refractivity contribution < 1.29 is 32.2 Å². The molecule has 0 atom stereocenters. The number of carbonyl (C=O) groups excluding carboxylic acids is 2. The van der Waals surface area contributed by atoms with Gasteiger partial charge < -0.3 is 14.8 Å². The summed E-state index contributed by atoms with van der Waals surface area (Å²) in [6, 6.07) is 3.64. The third-order valence-electron chi connectivity index (χ3n) is 3.40. The van der Waals surface area contributed by atoms with Gasteiger partial charge in [-0.1, -0.05) is 0 Å². The minimum Gasteiger partial charge on any atom is -0.454 e. The number of hydrogen-bond acceptors (Lipinski definition) is 5. The summed E-state index contributed by atoms with van der Waals surface area (Å²) in [4.78, 5) is 23.8. The molecule has 1 aliphatic rings. The number of ether oxygens (including phenoxy) is 2. The third-order valence-corrected chi connectivity index (χ3v) is 3.40. The molecule has 132 valence electrons. The maximum absolute atomic E-state index is 12.5. The minimum atomic E-state index is -4.58. The Morgan fingerprint density at radius 3 is 2.56 bits per heavy atom. The van der Waals surface area contributed by atoms with E-state index in [4.69, 9.17) is 9.47 Å². The highest BCUT2D eigenvalue weighted by molar-refractivity contribution is 6.04. The Kier molecular flexibility index (Phi) is 4.11. The number of rotatable bonds is 4. The molecule has 1 amide bonds. The van der Waals surface area contributed by atoms with Gasteiger partial charge in [-0.25, -0.2) is 0 Å². The van der Waals surface area contributed by atoms with Gasteiger partial charge >= 0.3 is 6.18 Å². The standard InChI is InChI=1S/C15H12F3N3O4/c1-8(22)9-4-11-12(25-7-24-11)5-10(9)19-14(23)6-21-3-2-13(20-21)15(16,17)18/h2-5H,6-7H2,1H3,(H,19,23). The predicted molar refractivity (Wildman–Crippen MR) is 78.4 cm³/mol. The van der Waals surface area contributed by atoms with Gasteiger partial charge in [0.25, 0.3) is 0 Å². The van der Waals surface area contributed by atoms with Crippen molar-refractivity contribution in [1.82, 2.24) is 9.78 Å². The normalized spacial score (nSPS) is 13.0. The van der Waals surface area contributed by atoms with E-state index in [1.807, 2.05) is 0 Å². The van der Waals surface area contributed by atoms with Crippen molar-refractivity contribution in [1.29, 1.82) is 0 Å². The molecule has 7 nitrogen and oxygen atoms in total. The number of hydrogen-bond donors (Lipinski definition) is 1. The molecule has 0 bridgehead atoms. The van der Waals surface area contributed by atoms with Gasteiger partial charge in [-0.05, 0) is 19.1 Å². The molecule has 1 aromatic heterocycles. The number of carbonyl (C=O) groups is 2. The van der Waals surface area contributed by atoms with Crippen LogP contribution in [0.25, 0.3) is 0 Å². The van der Waals surface area contributed by atoms with Crippen LogP contribution in [-0.2, 0) is 17.5 Å². The van der Waals surface area contributed by atoms with Gasteiger partial charge in [-0.2, -0.15) is 18.3 Å². The van der Waals surface area contributed by atoms with E-state index in [-0.39, 0.29) is 23.8 Å². The van der Waals surface area contributed by atoms with Crippen LogP contribution in [0.15, 0.2) is 24.4 Å². The molecule has 1 N–H and O–H groups in total. The van der Waals surface area contributed by atoms with Crippen LogP contribution in [0.5, 0.6) is 11.5 Å². The Bertz CT molecular complexity index is 845. The van der Waals surface area contributed by atoms with E-state index in [1.54, 1.807) is 0 Å². The lowest BCUT2D eigenvalue weighted by Gasteiger charge is -2.10. The second kappa shape index (κ2) is 6.11. The molecule has 0 aliphatic carbocycles. The summed E-state index contributed by atoms with van der Waals surface area (Å²) < 4.78 is 48.8. The first-order chi connectivity index (χ1) is 11.7. The molecular weight excluding hydrogens is 343 g/mol. The Morgan fingerprint density at radius 2 is 1.96 bits per heavy atom. The first kappa shape index (κ1) is 16.8. The third kappa shape index (κ3) is 3.57. The van der Waals surface area contributed by atoms with E-state index in [0.29, 0.717) is 11.5 Å². The molecule has 25 heavy (non-hydrogen) atoms. The van der Waals surface area contributed by atoms with Crippen molar-refractivity contribution >= 4 is 17.4 Å². The number of nitrogens with zero attached hydrogens (tertiary/aromatic N) is 2. The van der Waals surface area contributed by atoms with E-state index in [9.17, 15) is 22.8 Å². The van der Waals surface area contributed by atoms with Crippen LogP contribution in [0.1, 0.15) is 23.0 Å². The molecule has 0 spiro atoms. The summed E-state index contributed by atoms with van der Waals surface area (Å²) in [6.07, 6.45) is -3.53. The first-order valence-corrected chi connectivity index (χ1v) is 7.09. The van der Waals surface area contributed by atoms with Crippen LogP contribution in [0, 0.1) is 0 Å². The van der Waals surface area contributed by atoms with Crippen LogP contribution in [0.3, 0.4) is 0 Å². The van der Waals surface area contributed by atoms with Crippen molar-refractivity contribution in [3.05, 3.63) is 35.7 Å². The quantitative estimate of drug-likeness (QED) is 0.852. The van der Waals surface area contributed by atoms with Crippen molar-refractivity contribution in [2.45, 2.75) is 19.6 Å². The molecule has 1 aromatic carbocycles. The Labute approximate surface area is 139 Å². The zero-order valence-corrected chi connectivity index (χ0v) is 12.9. The maximum Gasteiger partial charge on any atom is 0.435 e. The maximum atomic E-state index is 12.5. The molecule has 2 aromatic rings. The summed E-state index contributed by atoms with van der Waals surface area (Å²) >= 11 is 0. The summed E-state index contributed by atoms with van der Waals surface area (Å²) in [5.41, 5.74) is -0.702. The Hall–Kier alpha value is -3.04. The van der Waals surface area contributed by atoms with Gasteiger partial charge in [0, 0.05) is 17.8 Å². The van der Waals surface area contributed by atoms with E-state index in [0.717, 1.165) is 16.9 Å². The Balaban J connectivity index is 1.77. The van der Waals surface area contributed by atoms with Crippen LogP contribution < -0.4 is 14.8 Å². The lowest BCUT2D eigenvalue weighted by Crippen LogP contribution is -2.21. The molecular formula is C15H12F3N3O4. The second-order valence-electron chi connectivity index (χ2n) is 5.25. The highest BCUT2D eigenvalue weighted by Gasteiger charge is 2.33. The summed E-state index contributed by atoms with van der Waals surface area (Å²) in [5.74, 6) is -0.214. The monoisotopic (exact) mass is 355 g/mol. The fourth-order valence-corrected chi connectivity index (χ4v) is 2.27. The summed E-state index contributed by atoms with van der Waals surface area (Å²) in [6.45, 7) is 0.871. The highest BCUT2D eigenvalue weighted by Crippen LogP contribution is 2.37. The largest absolute Gasteiger partial charge is 0.454 e. The van der Waals surface area contributed by atoms with Gasteiger partial charge in [0.2, 0.25) is 12.7 Å². The molecule has 0 fully saturated rings. The lowest BCUT2D eigenvalue weighted by atomic mass is 10.1. The topological polar surface area (TPSA) is 82.5 Å². The number of amides is 1. The van der Waals surface area contributed by atoms with E-state index in [1.165, 1.54) is 19.1 Å². The van der Waals surface area contributed by atoms with Crippen LogP contribution in [0.4, 0.5) is 18.9 Å². The number of ketones is 1. The average molecular weight is 355 g/mol. The lowest BCUT2D eigenvalue weighted by molar-refractivity contribution is -0.141. The number of fused-ring (bicyclic) bond motifs is 1. The first-order valence-electron chi connectivity index (χ1n) is 7.09. The molecule has 2 heterocycles. The molecule has 3 rings (SSSR count). The Morgan fingerprint density at radius 1 is 1.28 bits per heavy atom. The van der Waals surface area contributed by atoms with Crippen molar-refractivity contribution in [3.63, 3.8) is 0 Å². The number of anilines is 1. The van der Waals surface area contributed by atoms with Crippen LogP contribution >= 0.6 is 0 Å². The fraction of sp³-hybridized carbons (Fsp3) is 0.267. The zero-order valence-electron chi connectivity index (χ0n) is 12.9. The number of alkyl halides is 3. The van der Waals surface area contributed by atoms with Gasteiger partial charge in [-0.15, -0.1) is 0 Å². The highest BCUT2D eigenvalue weighted by atomic mass is 19.4. The van der Waals surface area contributed by atoms with Crippen LogP contribution in [0.2, 0.25) is 0 Å². The van der Waals surface area contributed by atoms with Crippen molar-refractivity contribution in [3.8, 4) is 11.5 Å². The van der Waals surface area contributed by atoms with Gasteiger partial charge in [0.15, 0.2) is 23.0 Å². The van der Waals surface area contributed by atoms with Crippen molar-refractivity contribution in [2.24, 2.45) is 0 Å². The molecule has 0 unspecified atom stereocenters. The molecule has 0 radical (unpaired) electrons. The number of Topliss-reactive ketones (excluding diaryl/α,β-unsaturated/α-hetero) is 1. The minimum absolute atomic E-state index is 0.00240. The number of aromatic nitrogens is 2. The predicted octanol–water partition coefficient (Wildman–Crippen LogP) is 2.47. The molecule has 1 aliphatic heterocycles. The van der Waals surface area contributed by atoms with Gasteiger partial charge in [-0.3, -0.25) is 14.3 Å². The molecule has 10 heteroatoms. The average Bonchev–Trinajstić information content (AvgIpc) is 3.13. The summed E-state index contributed by atoms with van der Waals surface area (Å²) in [5, 5.41) is 5.78. The molecule has 0 saturated heterocycles. The SMILES string of the molecule is CC(=O)c1cc2c(cc1NC(=O)Cn1ccc(C(F)(F)F)n1)OCO2. The van der Waals surface area contributed by atoms with E-state index < -0.39 is 24.3 Å². The van der Waals surface area contributed by atoms with Gasteiger partial charge in [0.05, 0.1) is 5.69 Å². The zero-order chi connectivity index (χ0) is 18.2. The van der Waals surface area contributed by atoms with Crippen LogP contribution in [-0.4, -0.2) is 28.3 Å². The summed E-state index contributed by atoms with van der Waals surface area (Å²) in [7, 11) is 0. The number of halogens is 3. The second-order valence-corrected chi connectivity index (χ2v) is 5.25. The number of nitrogens with one attached hydrogen (secondary N) is 1. The number of benzene rings is 1. The van der Waals surface area contributed by atoms with Crippen molar-refractivity contribution in [2.75, 3.05) is 12.1 Å². The van der Waals surface area contributed by atoms with E-state index in [2.05, 4.69) is 10.4 Å². The van der Waals surface area contributed by atoms with E-state index >= 15 is 0 Å². The fourth-order valence-electron chi connectivity index (χ4n) is 2.27. The molecule has 0 saturated carbocycles. The smallest absolute Gasteiger partial charge is 0.435 e.